The minimum absolute atomic E-state index is 0.0281. The molecule has 0 aromatic heterocycles. The lowest BCUT2D eigenvalue weighted by atomic mass is 10.0. The maximum atomic E-state index is 12.1. The van der Waals surface area contributed by atoms with E-state index in [-0.39, 0.29) is 5.97 Å². The highest BCUT2D eigenvalue weighted by molar-refractivity contribution is 5.69. The van der Waals surface area contributed by atoms with E-state index in [0.29, 0.717) is 19.6 Å². The summed E-state index contributed by atoms with van der Waals surface area (Å²) >= 11 is 0. The van der Waals surface area contributed by atoms with Crippen molar-refractivity contribution in [1.82, 2.24) is 0 Å². The monoisotopic (exact) mass is 831 g/mol. The zero-order chi connectivity index (χ0) is 42.5. The van der Waals surface area contributed by atoms with Crippen molar-refractivity contribution in [3.63, 3.8) is 0 Å². The molecule has 0 aliphatic heterocycles. The summed E-state index contributed by atoms with van der Waals surface area (Å²) in [7, 11) is 0. The van der Waals surface area contributed by atoms with Gasteiger partial charge in [0.05, 0.1) is 6.61 Å². The van der Waals surface area contributed by atoms with Gasteiger partial charge in [0.2, 0.25) is 0 Å². The first-order valence-corrected chi connectivity index (χ1v) is 27.7. The number of esters is 1. The van der Waals surface area contributed by atoms with Crippen LogP contribution in [0.25, 0.3) is 0 Å². The van der Waals surface area contributed by atoms with Crippen molar-refractivity contribution in [3.05, 3.63) is 12.2 Å². The van der Waals surface area contributed by atoms with Gasteiger partial charge in [0.25, 0.3) is 0 Å². The fraction of sp³-hybridized carbons (Fsp3) is 0.946. The van der Waals surface area contributed by atoms with E-state index in [9.17, 15) is 4.79 Å². The van der Waals surface area contributed by atoms with E-state index in [0.717, 1.165) is 19.3 Å². The Hall–Kier alpha value is -0.830. The van der Waals surface area contributed by atoms with Crippen LogP contribution in [-0.4, -0.2) is 24.3 Å². The smallest absolute Gasteiger partial charge is 0.305 e. The minimum Gasteiger partial charge on any atom is -0.466 e. The standard InChI is InChI=1S/C56H110O3/c1-2-3-4-5-6-7-8-9-10-11-12-23-26-29-32-35-38-41-44-47-50-53-56(58)59-55-52-49-46-43-40-37-34-31-28-25-22-20-18-16-14-13-15-17-19-21-24-27-30-33-36-39-42-45-48-51-54-57/h9-10,57H,2-8,11-55H2,1H3. The number of aliphatic hydroxyl groups excluding tert-OH is 1. The molecule has 1 N–H and O–H groups in total. The van der Waals surface area contributed by atoms with Gasteiger partial charge in [-0.05, 0) is 44.9 Å². The molecule has 352 valence electrons. The summed E-state index contributed by atoms with van der Waals surface area (Å²) in [6.45, 7) is 3.29. The molecule has 0 fully saturated rings. The zero-order valence-corrected chi connectivity index (χ0v) is 40.7. The molecule has 0 amide bonds. The third kappa shape index (κ3) is 55.2. The molecule has 0 rings (SSSR count). The summed E-state index contributed by atoms with van der Waals surface area (Å²) in [4.78, 5) is 12.1. The molecule has 0 heterocycles. The second-order valence-corrected chi connectivity index (χ2v) is 19.0. The van der Waals surface area contributed by atoms with E-state index < -0.39 is 0 Å². The average molecular weight is 831 g/mol. The van der Waals surface area contributed by atoms with Crippen LogP contribution in [0.2, 0.25) is 0 Å². The van der Waals surface area contributed by atoms with Crippen molar-refractivity contribution in [2.24, 2.45) is 0 Å². The predicted octanol–water partition coefficient (Wildman–Crippen LogP) is 19.6. The summed E-state index contributed by atoms with van der Waals surface area (Å²) in [6.07, 6.45) is 72.4. The predicted molar refractivity (Wildman–Crippen MR) is 264 cm³/mol. The van der Waals surface area contributed by atoms with E-state index in [1.165, 1.54) is 295 Å². The van der Waals surface area contributed by atoms with Crippen LogP contribution in [-0.2, 0) is 9.53 Å². The van der Waals surface area contributed by atoms with Gasteiger partial charge in [-0.25, -0.2) is 0 Å². The van der Waals surface area contributed by atoms with Crippen molar-refractivity contribution < 1.29 is 14.6 Å². The Morgan fingerprint density at radius 2 is 0.559 bits per heavy atom. The normalized spacial score (nSPS) is 11.7. The Kier molecular flexibility index (Phi) is 54.4. The third-order valence-electron chi connectivity index (χ3n) is 13.0. The third-order valence-corrected chi connectivity index (χ3v) is 13.0. The van der Waals surface area contributed by atoms with Crippen LogP contribution < -0.4 is 0 Å². The van der Waals surface area contributed by atoms with Gasteiger partial charge in [-0.15, -0.1) is 0 Å². The van der Waals surface area contributed by atoms with Crippen LogP contribution in [0.3, 0.4) is 0 Å². The van der Waals surface area contributed by atoms with Crippen LogP contribution in [0.1, 0.15) is 328 Å². The molecule has 0 unspecified atom stereocenters. The van der Waals surface area contributed by atoms with Crippen LogP contribution in [0, 0.1) is 0 Å². The lowest BCUT2D eigenvalue weighted by molar-refractivity contribution is -0.143. The quantitative estimate of drug-likeness (QED) is 0.0377. The van der Waals surface area contributed by atoms with E-state index >= 15 is 0 Å². The topological polar surface area (TPSA) is 46.5 Å². The number of aliphatic hydroxyl groups is 1. The van der Waals surface area contributed by atoms with Crippen molar-refractivity contribution in [3.8, 4) is 0 Å². The van der Waals surface area contributed by atoms with Gasteiger partial charge in [-0.3, -0.25) is 4.79 Å². The molecule has 0 bridgehead atoms. The molecule has 3 nitrogen and oxygen atoms in total. The Morgan fingerprint density at radius 3 is 0.847 bits per heavy atom. The molecule has 3 heteroatoms. The highest BCUT2D eigenvalue weighted by Crippen LogP contribution is 2.18. The fourth-order valence-electron chi connectivity index (χ4n) is 8.82. The summed E-state index contributed by atoms with van der Waals surface area (Å²) in [6, 6.07) is 0. The van der Waals surface area contributed by atoms with Gasteiger partial charge >= 0.3 is 5.97 Å². The Morgan fingerprint density at radius 1 is 0.322 bits per heavy atom. The number of carbonyl (C=O) groups is 1. The van der Waals surface area contributed by atoms with Crippen LogP contribution >= 0.6 is 0 Å². The lowest BCUT2D eigenvalue weighted by Gasteiger charge is -2.06. The first kappa shape index (κ1) is 58.2. The SMILES string of the molecule is CCCCCCCCC=CCCCCCCCCCCCCCC(=O)OCCCCCCCCCCCCCCCCCCCCCCCCCCCCCCCCO. The molecule has 59 heavy (non-hydrogen) atoms. The Balaban J connectivity index is 3.15. The van der Waals surface area contributed by atoms with Crippen molar-refractivity contribution in [1.29, 1.82) is 0 Å². The number of hydrogen-bond acceptors (Lipinski definition) is 3. The van der Waals surface area contributed by atoms with Crippen molar-refractivity contribution in [2.75, 3.05) is 13.2 Å². The molecule has 0 saturated heterocycles. The molecule has 0 aromatic carbocycles. The van der Waals surface area contributed by atoms with Crippen LogP contribution in [0.4, 0.5) is 0 Å². The number of allylic oxidation sites excluding steroid dienone is 2. The van der Waals surface area contributed by atoms with E-state index in [2.05, 4.69) is 19.1 Å². The van der Waals surface area contributed by atoms with Gasteiger partial charge < -0.3 is 9.84 Å². The second-order valence-electron chi connectivity index (χ2n) is 19.0. The highest BCUT2D eigenvalue weighted by atomic mass is 16.5. The average Bonchev–Trinajstić information content (AvgIpc) is 3.24. The van der Waals surface area contributed by atoms with E-state index in [4.69, 9.17) is 9.84 Å². The van der Waals surface area contributed by atoms with E-state index in [1.54, 1.807) is 0 Å². The first-order chi connectivity index (χ1) is 29.3. The number of ether oxygens (including phenoxy) is 1. The van der Waals surface area contributed by atoms with Crippen LogP contribution in [0.5, 0.6) is 0 Å². The Bertz CT molecular complexity index is 777. The molecule has 0 aromatic rings. The van der Waals surface area contributed by atoms with Gasteiger partial charge in [0.1, 0.15) is 0 Å². The van der Waals surface area contributed by atoms with Crippen molar-refractivity contribution in [2.45, 2.75) is 328 Å². The van der Waals surface area contributed by atoms with Crippen LogP contribution in [0.15, 0.2) is 12.2 Å². The molecular formula is C56H110O3. The lowest BCUT2D eigenvalue weighted by Crippen LogP contribution is -2.05. The maximum Gasteiger partial charge on any atom is 0.305 e. The molecule has 0 radical (unpaired) electrons. The number of hydrogen-bond donors (Lipinski definition) is 1. The second kappa shape index (κ2) is 55.2. The highest BCUT2D eigenvalue weighted by Gasteiger charge is 2.03. The Labute approximate surface area is 372 Å². The largest absolute Gasteiger partial charge is 0.466 e. The summed E-state index contributed by atoms with van der Waals surface area (Å²) < 4.78 is 5.50. The molecule has 0 saturated carbocycles. The van der Waals surface area contributed by atoms with E-state index in [1.807, 2.05) is 0 Å². The maximum absolute atomic E-state index is 12.1. The van der Waals surface area contributed by atoms with Gasteiger partial charge in [0, 0.05) is 13.0 Å². The minimum atomic E-state index is 0.0281. The summed E-state index contributed by atoms with van der Waals surface area (Å²) in [5, 5.41) is 8.82. The zero-order valence-electron chi connectivity index (χ0n) is 40.7. The number of rotatable bonds is 53. The molecule has 0 atom stereocenters. The van der Waals surface area contributed by atoms with Gasteiger partial charge in [-0.2, -0.15) is 0 Å². The molecule has 0 aliphatic carbocycles. The van der Waals surface area contributed by atoms with Gasteiger partial charge in [-0.1, -0.05) is 289 Å². The summed E-state index contributed by atoms with van der Waals surface area (Å²) in [5.41, 5.74) is 0. The summed E-state index contributed by atoms with van der Waals surface area (Å²) in [5.74, 6) is 0.0281. The van der Waals surface area contributed by atoms with Crippen molar-refractivity contribution >= 4 is 5.97 Å². The number of carbonyl (C=O) groups excluding carboxylic acids is 1. The first-order valence-electron chi connectivity index (χ1n) is 27.7. The molecular weight excluding hydrogens is 721 g/mol. The van der Waals surface area contributed by atoms with Gasteiger partial charge in [0.15, 0.2) is 0 Å². The molecule has 0 aliphatic rings. The fourth-order valence-corrected chi connectivity index (χ4v) is 8.82. The number of unbranched alkanes of at least 4 members (excludes halogenated alkanes) is 46. The molecule has 0 spiro atoms.